The van der Waals surface area contributed by atoms with Crippen LogP contribution in [0.5, 0.6) is 11.5 Å². The molecule has 5 rings (SSSR count). The van der Waals surface area contributed by atoms with Gasteiger partial charge >= 0.3 is 0 Å². The molecular formula is C22H20FN5O2. The molecule has 0 saturated heterocycles. The first-order valence-electron chi connectivity index (χ1n) is 9.69. The molecule has 0 saturated carbocycles. The van der Waals surface area contributed by atoms with Gasteiger partial charge in [0, 0.05) is 23.9 Å². The molecule has 1 N–H and O–H groups in total. The Balaban J connectivity index is 1.67. The number of anilines is 1. The number of rotatable bonds is 1. The van der Waals surface area contributed by atoms with Crippen LogP contribution < -0.4 is 14.8 Å². The lowest BCUT2D eigenvalue weighted by Crippen LogP contribution is -2.11. The highest BCUT2D eigenvalue weighted by Crippen LogP contribution is 2.35. The van der Waals surface area contributed by atoms with Crippen molar-refractivity contribution in [2.24, 2.45) is 0 Å². The van der Waals surface area contributed by atoms with Crippen molar-refractivity contribution in [2.75, 3.05) is 18.5 Å². The molecule has 3 aromatic heterocycles. The van der Waals surface area contributed by atoms with Crippen molar-refractivity contribution < 1.29 is 13.9 Å². The normalized spacial score (nSPS) is 13.6. The van der Waals surface area contributed by atoms with Crippen LogP contribution in [0, 0.1) is 19.7 Å². The van der Waals surface area contributed by atoms with Crippen LogP contribution in [0.25, 0.3) is 16.9 Å². The number of benzene rings is 1. The second kappa shape index (κ2) is 7.29. The minimum absolute atomic E-state index is 0.264. The summed E-state index contributed by atoms with van der Waals surface area (Å²) in [5.41, 5.74) is 4.59. The third-order valence-electron chi connectivity index (χ3n) is 5.33. The quantitative estimate of drug-likeness (QED) is 0.517. The van der Waals surface area contributed by atoms with Gasteiger partial charge in [-0.1, -0.05) is 6.07 Å². The molecule has 30 heavy (non-hydrogen) atoms. The zero-order chi connectivity index (χ0) is 20.7. The third kappa shape index (κ3) is 3.01. The van der Waals surface area contributed by atoms with Crippen molar-refractivity contribution in [2.45, 2.75) is 20.4 Å². The number of pyridine rings is 2. The number of aromatic nitrogens is 4. The average Bonchev–Trinajstić information content (AvgIpc) is 3.22. The first kappa shape index (κ1) is 18.4. The number of nitrogens with one attached hydrogen (secondary N) is 1. The molecule has 4 heterocycles. The van der Waals surface area contributed by atoms with Crippen LogP contribution in [-0.2, 0) is 6.54 Å². The van der Waals surface area contributed by atoms with E-state index in [0.717, 1.165) is 22.4 Å². The molecule has 0 atom stereocenters. The Hall–Kier alpha value is -3.68. The summed E-state index contributed by atoms with van der Waals surface area (Å²) >= 11 is 0. The van der Waals surface area contributed by atoms with Crippen LogP contribution in [0.2, 0.25) is 0 Å². The number of aryl methyl sites for hydroxylation is 1. The molecular weight excluding hydrogens is 385 g/mol. The molecule has 8 heteroatoms. The third-order valence-corrected chi connectivity index (χ3v) is 5.33. The Morgan fingerprint density at radius 3 is 2.77 bits per heavy atom. The van der Waals surface area contributed by atoms with Crippen LogP contribution in [0.4, 0.5) is 10.2 Å². The van der Waals surface area contributed by atoms with Crippen LogP contribution in [-0.4, -0.2) is 32.8 Å². The Kier molecular flexibility index (Phi) is 4.46. The van der Waals surface area contributed by atoms with E-state index in [1.54, 1.807) is 18.6 Å². The van der Waals surface area contributed by atoms with Gasteiger partial charge in [-0.05, 0) is 49.2 Å². The smallest absolute Gasteiger partial charge is 0.171 e. The summed E-state index contributed by atoms with van der Waals surface area (Å²) in [6.45, 7) is 4.78. The van der Waals surface area contributed by atoms with E-state index in [2.05, 4.69) is 20.5 Å². The molecule has 2 bridgehead atoms. The minimum atomic E-state index is -0.283. The van der Waals surface area contributed by atoms with Gasteiger partial charge in [-0.2, -0.15) is 0 Å². The van der Waals surface area contributed by atoms with Crippen molar-refractivity contribution >= 4 is 11.5 Å². The maximum atomic E-state index is 14.5. The highest BCUT2D eigenvalue weighted by molar-refractivity contribution is 5.81. The van der Waals surface area contributed by atoms with Crippen molar-refractivity contribution in [1.29, 1.82) is 0 Å². The van der Waals surface area contributed by atoms with E-state index in [9.17, 15) is 4.39 Å². The Labute approximate surface area is 172 Å². The summed E-state index contributed by atoms with van der Waals surface area (Å²) in [5.74, 6) is 1.62. The van der Waals surface area contributed by atoms with E-state index in [1.165, 1.54) is 6.07 Å². The lowest BCUT2D eigenvalue weighted by atomic mass is 10.1. The van der Waals surface area contributed by atoms with E-state index >= 15 is 0 Å². The number of fused-ring (bicyclic) bond motifs is 5. The van der Waals surface area contributed by atoms with Crippen molar-refractivity contribution in [3.05, 3.63) is 65.4 Å². The Morgan fingerprint density at radius 1 is 1.10 bits per heavy atom. The van der Waals surface area contributed by atoms with Gasteiger partial charge < -0.3 is 14.8 Å². The molecule has 1 aliphatic heterocycles. The minimum Gasteiger partial charge on any atom is -0.490 e. The summed E-state index contributed by atoms with van der Waals surface area (Å²) in [4.78, 5) is 4.53. The van der Waals surface area contributed by atoms with Crippen LogP contribution in [0.1, 0.15) is 16.7 Å². The van der Waals surface area contributed by atoms with Gasteiger partial charge in [0.25, 0.3) is 0 Å². The zero-order valence-electron chi connectivity index (χ0n) is 16.6. The van der Waals surface area contributed by atoms with Gasteiger partial charge in [0.2, 0.25) is 0 Å². The highest BCUT2D eigenvalue weighted by Gasteiger charge is 2.20. The fourth-order valence-corrected chi connectivity index (χ4v) is 3.74. The lowest BCUT2D eigenvalue weighted by molar-refractivity contribution is 0.216. The van der Waals surface area contributed by atoms with E-state index in [1.807, 2.05) is 36.4 Å². The van der Waals surface area contributed by atoms with Crippen molar-refractivity contribution in [3.8, 4) is 22.8 Å². The topological polar surface area (TPSA) is 73.6 Å². The molecule has 0 amide bonds. The molecule has 1 aliphatic rings. The van der Waals surface area contributed by atoms with Gasteiger partial charge in [-0.15, -0.1) is 10.2 Å². The van der Waals surface area contributed by atoms with Crippen LogP contribution in [0.3, 0.4) is 0 Å². The SMILES string of the molecule is Cc1cccnc1-c1cc2c(n3cnnc13)NCc1c(F)ccc(c1C)OCCO2. The second-order valence-electron chi connectivity index (χ2n) is 7.16. The van der Waals surface area contributed by atoms with E-state index in [0.29, 0.717) is 41.7 Å². The monoisotopic (exact) mass is 405 g/mol. The van der Waals surface area contributed by atoms with E-state index in [-0.39, 0.29) is 12.4 Å². The molecule has 0 fully saturated rings. The van der Waals surface area contributed by atoms with Gasteiger partial charge in [-0.3, -0.25) is 9.38 Å². The molecule has 0 aliphatic carbocycles. The Morgan fingerprint density at radius 2 is 1.93 bits per heavy atom. The van der Waals surface area contributed by atoms with Crippen LogP contribution >= 0.6 is 0 Å². The van der Waals surface area contributed by atoms with Gasteiger partial charge in [-0.25, -0.2) is 4.39 Å². The summed E-state index contributed by atoms with van der Waals surface area (Å²) in [6, 6.07) is 8.87. The molecule has 1 aromatic carbocycles. The molecule has 0 radical (unpaired) electrons. The highest BCUT2D eigenvalue weighted by atomic mass is 19.1. The maximum Gasteiger partial charge on any atom is 0.171 e. The lowest BCUT2D eigenvalue weighted by Gasteiger charge is -2.17. The zero-order valence-corrected chi connectivity index (χ0v) is 16.6. The fraction of sp³-hybridized carbons (Fsp3) is 0.227. The average molecular weight is 405 g/mol. The van der Waals surface area contributed by atoms with Crippen molar-refractivity contribution in [1.82, 2.24) is 19.6 Å². The first-order chi connectivity index (χ1) is 14.6. The number of hydrogen-bond acceptors (Lipinski definition) is 6. The number of hydrogen-bond donors (Lipinski definition) is 1. The molecule has 4 aromatic rings. The maximum absolute atomic E-state index is 14.5. The largest absolute Gasteiger partial charge is 0.490 e. The summed E-state index contributed by atoms with van der Waals surface area (Å²) in [7, 11) is 0. The predicted octanol–water partition coefficient (Wildman–Crippen LogP) is 3.93. The number of nitrogens with zero attached hydrogens (tertiary/aromatic N) is 4. The molecule has 152 valence electrons. The van der Waals surface area contributed by atoms with Gasteiger partial charge in [0.1, 0.15) is 31.1 Å². The van der Waals surface area contributed by atoms with E-state index in [4.69, 9.17) is 9.47 Å². The number of ether oxygens (including phenoxy) is 2. The van der Waals surface area contributed by atoms with Crippen molar-refractivity contribution in [3.63, 3.8) is 0 Å². The second-order valence-corrected chi connectivity index (χ2v) is 7.16. The molecule has 0 unspecified atom stereocenters. The summed E-state index contributed by atoms with van der Waals surface area (Å²) in [5, 5.41) is 11.7. The molecule has 7 nitrogen and oxygen atoms in total. The van der Waals surface area contributed by atoms with Gasteiger partial charge in [0.05, 0.1) is 5.69 Å². The standard InChI is InChI=1S/C22H20FN5O2/c1-13-4-3-7-24-20(13)15-10-19-22(28-12-26-27-21(15)28)25-11-16-14(2)18(6-5-17(16)23)29-8-9-30-19/h3-7,10,12,25H,8-9,11H2,1-2H3. The fourth-order valence-electron chi connectivity index (χ4n) is 3.74. The summed E-state index contributed by atoms with van der Waals surface area (Å²) < 4.78 is 28.2. The summed E-state index contributed by atoms with van der Waals surface area (Å²) in [6.07, 6.45) is 3.36. The van der Waals surface area contributed by atoms with Crippen LogP contribution in [0.15, 0.2) is 42.9 Å². The van der Waals surface area contributed by atoms with E-state index < -0.39 is 0 Å². The number of halogens is 1. The van der Waals surface area contributed by atoms with Gasteiger partial charge in [0.15, 0.2) is 17.2 Å². The predicted molar refractivity (Wildman–Crippen MR) is 110 cm³/mol. The molecule has 0 spiro atoms. The first-order valence-corrected chi connectivity index (χ1v) is 9.69. The Bertz CT molecular complexity index is 1250.